The summed E-state index contributed by atoms with van der Waals surface area (Å²) in [5.41, 5.74) is 0.213. The number of nitrogens with zero attached hydrogens (tertiary/aromatic N) is 2. The molecule has 110 valence electrons. The van der Waals surface area contributed by atoms with E-state index in [0.717, 1.165) is 26.2 Å². The third kappa shape index (κ3) is 3.59. The quantitative estimate of drug-likeness (QED) is 0.609. The summed E-state index contributed by atoms with van der Waals surface area (Å²) in [6.45, 7) is 3.82. The van der Waals surface area contributed by atoms with Crippen molar-refractivity contribution in [2.24, 2.45) is 0 Å². The second-order valence-corrected chi connectivity index (χ2v) is 6.42. The Balaban J connectivity index is 2.17. The molecule has 1 saturated heterocycles. The zero-order valence-corrected chi connectivity index (χ0v) is 14.0. The summed E-state index contributed by atoms with van der Waals surface area (Å²) in [6, 6.07) is 1.44. The van der Waals surface area contributed by atoms with E-state index in [0.29, 0.717) is 0 Å². The van der Waals surface area contributed by atoms with Crippen molar-refractivity contribution < 1.29 is 4.79 Å². The Morgan fingerprint density at radius 3 is 2.05 bits per heavy atom. The van der Waals surface area contributed by atoms with E-state index in [2.05, 4.69) is 16.8 Å². The van der Waals surface area contributed by atoms with E-state index in [1.165, 1.54) is 6.07 Å². The van der Waals surface area contributed by atoms with Crippen LogP contribution >= 0.6 is 46.4 Å². The third-order valence-corrected chi connectivity index (χ3v) is 4.93. The number of likely N-dealkylation sites (N-methyl/N-ethyl adjacent to an activating group) is 1. The highest BCUT2D eigenvalue weighted by Gasteiger charge is 2.23. The molecule has 3 nitrogen and oxygen atoms in total. The summed E-state index contributed by atoms with van der Waals surface area (Å²) in [6.07, 6.45) is 0. The van der Waals surface area contributed by atoms with Gasteiger partial charge in [-0.05, 0) is 13.1 Å². The molecule has 0 aromatic heterocycles. The van der Waals surface area contributed by atoms with Gasteiger partial charge < -0.3 is 4.90 Å². The van der Waals surface area contributed by atoms with Crippen LogP contribution in [0.1, 0.15) is 10.4 Å². The highest BCUT2D eigenvalue weighted by Crippen LogP contribution is 2.37. The normalized spacial score (nSPS) is 17.4. The van der Waals surface area contributed by atoms with Gasteiger partial charge in [0.05, 0.1) is 32.2 Å². The van der Waals surface area contributed by atoms with Gasteiger partial charge in [0.15, 0.2) is 5.78 Å². The summed E-state index contributed by atoms with van der Waals surface area (Å²) in [5.74, 6) is -0.158. The van der Waals surface area contributed by atoms with Gasteiger partial charge >= 0.3 is 0 Å². The highest BCUT2D eigenvalue weighted by molar-refractivity contribution is 6.50. The third-order valence-electron chi connectivity index (χ3n) is 3.35. The van der Waals surface area contributed by atoms with Crippen molar-refractivity contribution in [2.45, 2.75) is 0 Å². The first-order valence-corrected chi connectivity index (χ1v) is 7.68. The van der Waals surface area contributed by atoms with Crippen molar-refractivity contribution in [3.8, 4) is 0 Å². The van der Waals surface area contributed by atoms with Crippen LogP contribution in [0.15, 0.2) is 6.07 Å². The lowest BCUT2D eigenvalue weighted by atomic mass is 10.1. The minimum atomic E-state index is -0.158. The zero-order chi connectivity index (χ0) is 14.9. The second-order valence-electron chi connectivity index (χ2n) is 4.85. The fraction of sp³-hybridized carbons (Fsp3) is 0.462. The molecule has 20 heavy (non-hydrogen) atoms. The molecule has 1 fully saturated rings. The molecule has 0 amide bonds. The van der Waals surface area contributed by atoms with E-state index < -0.39 is 0 Å². The van der Waals surface area contributed by atoms with Crippen molar-refractivity contribution in [2.75, 3.05) is 39.8 Å². The van der Waals surface area contributed by atoms with E-state index in [1.54, 1.807) is 0 Å². The van der Waals surface area contributed by atoms with Crippen molar-refractivity contribution in [3.63, 3.8) is 0 Å². The van der Waals surface area contributed by atoms with Crippen molar-refractivity contribution >= 4 is 52.2 Å². The van der Waals surface area contributed by atoms with Crippen LogP contribution < -0.4 is 0 Å². The molecule has 0 aliphatic carbocycles. The van der Waals surface area contributed by atoms with Crippen LogP contribution in [0.3, 0.4) is 0 Å². The van der Waals surface area contributed by atoms with Crippen molar-refractivity contribution in [1.82, 2.24) is 9.80 Å². The highest BCUT2D eigenvalue weighted by atomic mass is 35.5. The number of carbonyl (C=O) groups excluding carboxylic acids is 1. The minimum absolute atomic E-state index is 0.158. The van der Waals surface area contributed by atoms with Crippen LogP contribution in [-0.4, -0.2) is 55.4 Å². The van der Waals surface area contributed by atoms with Crippen LogP contribution in [-0.2, 0) is 0 Å². The van der Waals surface area contributed by atoms with Gasteiger partial charge in [-0.15, -0.1) is 0 Å². The maximum atomic E-state index is 12.4. The van der Waals surface area contributed by atoms with Gasteiger partial charge in [0, 0.05) is 26.2 Å². The fourth-order valence-electron chi connectivity index (χ4n) is 2.11. The standard InChI is InChI=1S/C13H14Cl4N2O/c1-18-2-4-19(5-3-18)7-10(20)11-12(16)8(14)6-9(15)13(11)17/h6H,2-5,7H2,1H3. The van der Waals surface area contributed by atoms with E-state index >= 15 is 0 Å². The Kier molecular flexibility index (Phi) is 5.57. The molecule has 0 spiro atoms. The van der Waals surface area contributed by atoms with Crippen molar-refractivity contribution in [3.05, 3.63) is 31.7 Å². The molecule has 0 atom stereocenters. The average molecular weight is 356 g/mol. The molecule has 0 saturated carbocycles. The summed E-state index contributed by atoms with van der Waals surface area (Å²) in [4.78, 5) is 16.7. The molecule has 1 aliphatic rings. The topological polar surface area (TPSA) is 23.6 Å². The molecule has 7 heteroatoms. The first kappa shape index (κ1) is 16.3. The van der Waals surface area contributed by atoms with Gasteiger partial charge in [-0.1, -0.05) is 46.4 Å². The summed E-state index contributed by atoms with van der Waals surface area (Å²) in [5, 5.41) is 0.811. The molecular formula is C13H14Cl4N2O. The molecule has 0 radical (unpaired) electrons. The zero-order valence-electron chi connectivity index (χ0n) is 10.9. The van der Waals surface area contributed by atoms with E-state index in [4.69, 9.17) is 46.4 Å². The van der Waals surface area contributed by atoms with Crippen molar-refractivity contribution in [1.29, 1.82) is 0 Å². The lowest BCUT2D eigenvalue weighted by Crippen LogP contribution is -2.46. The smallest absolute Gasteiger partial charge is 0.179 e. The van der Waals surface area contributed by atoms with E-state index in [9.17, 15) is 4.79 Å². The van der Waals surface area contributed by atoms with Gasteiger partial charge in [-0.2, -0.15) is 0 Å². The van der Waals surface area contributed by atoms with Crippen LogP contribution in [0.5, 0.6) is 0 Å². The van der Waals surface area contributed by atoms with E-state index in [-0.39, 0.29) is 38.0 Å². The predicted octanol–water partition coefficient (Wildman–Crippen LogP) is 3.73. The van der Waals surface area contributed by atoms with Gasteiger partial charge in [-0.25, -0.2) is 0 Å². The molecule has 1 aromatic carbocycles. The average Bonchev–Trinajstić information content (AvgIpc) is 2.39. The summed E-state index contributed by atoms with van der Waals surface area (Å²) in [7, 11) is 2.06. The summed E-state index contributed by atoms with van der Waals surface area (Å²) < 4.78 is 0. The number of halogens is 4. The van der Waals surface area contributed by atoms with Crippen LogP contribution in [0.4, 0.5) is 0 Å². The molecular weight excluding hydrogens is 342 g/mol. The van der Waals surface area contributed by atoms with Gasteiger partial charge in [0.2, 0.25) is 0 Å². The van der Waals surface area contributed by atoms with Gasteiger partial charge in [0.1, 0.15) is 0 Å². The molecule has 0 unspecified atom stereocenters. The Labute approximate surface area is 138 Å². The first-order valence-electron chi connectivity index (χ1n) is 6.17. The minimum Gasteiger partial charge on any atom is -0.304 e. The Hall–Kier alpha value is -0.0300. The van der Waals surface area contributed by atoms with Crippen LogP contribution in [0.2, 0.25) is 20.1 Å². The number of rotatable bonds is 3. The lowest BCUT2D eigenvalue weighted by Gasteiger charge is -2.31. The first-order chi connectivity index (χ1) is 9.40. The molecule has 1 aromatic rings. The van der Waals surface area contributed by atoms with Crippen LogP contribution in [0.25, 0.3) is 0 Å². The lowest BCUT2D eigenvalue weighted by molar-refractivity contribution is 0.0876. The summed E-state index contributed by atoms with van der Waals surface area (Å²) >= 11 is 24.1. The Morgan fingerprint density at radius 1 is 1.05 bits per heavy atom. The molecule has 1 heterocycles. The number of carbonyl (C=O) groups is 1. The molecule has 2 rings (SSSR count). The predicted molar refractivity (Wildman–Crippen MR) is 84.7 cm³/mol. The fourth-order valence-corrected chi connectivity index (χ4v) is 3.13. The maximum Gasteiger partial charge on any atom is 0.179 e. The monoisotopic (exact) mass is 354 g/mol. The number of Topliss-reactive ketones (excluding diaryl/α,β-unsaturated/α-hetero) is 1. The molecule has 0 bridgehead atoms. The molecule has 1 aliphatic heterocycles. The second kappa shape index (κ2) is 6.82. The van der Waals surface area contributed by atoms with Gasteiger partial charge in [0.25, 0.3) is 0 Å². The number of piperazine rings is 1. The Bertz CT molecular complexity index is 501. The largest absolute Gasteiger partial charge is 0.304 e. The number of hydrogen-bond donors (Lipinski definition) is 0. The SMILES string of the molecule is CN1CCN(CC(=O)c2c(Cl)c(Cl)cc(Cl)c2Cl)CC1. The van der Waals surface area contributed by atoms with E-state index in [1.807, 2.05) is 0 Å². The number of hydrogen-bond acceptors (Lipinski definition) is 3. The van der Waals surface area contributed by atoms with Crippen LogP contribution in [0, 0.1) is 0 Å². The molecule has 0 N–H and O–H groups in total. The van der Waals surface area contributed by atoms with Gasteiger partial charge in [-0.3, -0.25) is 9.69 Å². The number of ketones is 1. The number of benzene rings is 1. The Morgan fingerprint density at radius 2 is 1.55 bits per heavy atom. The maximum absolute atomic E-state index is 12.4.